The average Bonchev–Trinajstić information content (AvgIpc) is 3.04. The number of aromatic nitrogens is 2. The van der Waals surface area contributed by atoms with Gasteiger partial charge in [0.25, 0.3) is 0 Å². The minimum atomic E-state index is -0.103. The summed E-state index contributed by atoms with van der Waals surface area (Å²) in [6.45, 7) is 3.35. The molecule has 0 aliphatic heterocycles. The molecule has 0 radical (unpaired) electrons. The zero-order valence-corrected chi connectivity index (χ0v) is 16.3. The quantitative estimate of drug-likeness (QED) is 0.456. The second kappa shape index (κ2) is 9.17. The molecule has 0 unspecified atom stereocenters. The van der Waals surface area contributed by atoms with Gasteiger partial charge in [-0.2, -0.15) is 0 Å². The van der Waals surface area contributed by atoms with Gasteiger partial charge in [0.2, 0.25) is 5.91 Å². The van der Waals surface area contributed by atoms with Crippen molar-refractivity contribution in [2.75, 3.05) is 13.7 Å². The number of carbonyl (C=O) groups is 2. The molecule has 0 bridgehead atoms. The van der Waals surface area contributed by atoms with E-state index in [-0.39, 0.29) is 24.5 Å². The number of aryl methyl sites for hydroxylation is 2. The van der Waals surface area contributed by atoms with Crippen LogP contribution in [0.3, 0.4) is 0 Å². The summed E-state index contributed by atoms with van der Waals surface area (Å²) in [5.41, 5.74) is 2.69. The maximum absolute atomic E-state index is 12.2. The second-order valence-electron chi connectivity index (χ2n) is 6.65. The van der Waals surface area contributed by atoms with Crippen LogP contribution in [0.2, 0.25) is 0 Å². The summed E-state index contributed by atoms with van der Waals surface area (Å²) in [5.74, 6) is 1.53. The monoisotopic (exact) mass is 379 g/mol. The number of methoxy groups -OCH3 is 1. The van der Waals surface area contributed by atoms with Crippen molar-refractivity contribution in [2.24, 2.45) is 0 Å². The molecule has 0 saturated heterocycles. The number of imidazole rings is 1. The largest absolute Gasteiger partial charge is 0.497 e. The van der Waals surface area contributed by atoms with Crippen molar-refractivity contribution in [3.63, 3.8) is 0 Å². The van der Waals surface area contributed by atoms with E-state index in [1.807, 2.05) is 25.1 Å². The summed E-state index contributed by atoms with van der Waals surface area (Å²) < 4.78 is 7.24. The number of nitrogens with zero attached hydrogens (tertiary/aromatic N) is 2. The van der Waals surface area contributed by atoms with Crippen LogP contribution in [0.1, 0.15) is 35.4 Å². The Morgan fingerprint density at radius 2 is 1.82 bits per heavy atom. The Bertz CT molecular complexity index is 961. The summed E-state index contributed by atoms with van der Waals surface area (Å²) in [6, 6.07) is 15.0. The molecule has 1 aromatic heterocycles. The number of nitrogens with one attached hydrogen (secondary N) is 1. The first-order valence-corrected chi connectivity index (χ1v) is 9.44. The average molecular weight is 379 g/mol. The lowest BCUT2D eigenvalue weighted by atomic mass is 10.1. The highest BCUT2D eigenvalue weighted by Crippen LogP contribution is 2.16. The van der Waals surface area contributed by atoms with Gasteiger partial charge < -0.3 is 14.6 Å². The van der Waals surface area contributed by atoms with Crippen molar-refractivity contribution in [1.82, 2.24) is 14.9 Å². The van der Waals surface area contributed by atoms with Crippen LogP contribution >= 0.6 is 0 Å². The van der Waals surface area contributed by atoms with E-state index < -0.39 is 0 Å². The maximum Gasteiger partial charge on any atom is 0.220 e. The van der Waals surface area contributed by atoms with E-state index in [2.05, 4.69) is 20.9 Å². The number of rotatable bonds is 9. The summed E-state index contributed by atoms with van der Waals surface area (Å²) in [6.07, 6.45) is 1.20. The minimum Gasteiger partial charge on any atom is -0.497 e. The van der Waals surface area contributed by atoms with Gasteiger partial charge in [0.05, 0.1) is 18.1 Å². The molecule has 0 aliphatic rings. The Morgan fingerprint density at radius 3 is 2.57 bits per heavy atom. The summed E-state index contributed by atoms with van der Waals surface area (Å²) in [5, 5.41) is 2.89. The van der Waals surface area contributed by atoms with Crippen molar-refractivity contribution in [2.45, 2.75) is 32.7 Å². The van der Waals surface area contributed by atoms with Crippen LogP contribution in [0.25, 0.3) is 11.0 Å². The lowest BCUT2D eigenvalue weighted by Crippen LogP contribution is -2.25. The third kappa shape index (κ3) is 4.76. The van der Waals surface area contributed by atoms with Crippen molar-refractivity contribution >= 4 is 22.7 Å². The Kier molecular flexibility index (Phi) is 6.42. The molecular weight excluding hydrogens is 354 g/mol. The number of benzene rings is 2. The highest BCUT2D eigenvalue weighted by Gasteiger charge is 2.10. The first-order chi connectivity index (χ1) is 13.6. The fourth-order valence-electron chi connectivity index (χ4n) is 3.18. The molecule has 3 aromatic rings. The number of carbonyl (C=O) groups excluding carboxylic acids is 2. The molecular formula is C22H25N3O3. The van der Waals surface area contributed by atoms with Crippen LogP contribution < -0.4 is 10.1 Å². The van der Waals surface area contributed by atoms with Gasteiger partial charge in [0.15, 0.2) is 5.78 Å². The lowest BCUT2D eigenvalue weighted by molar-refractivity contribution is -0.121. The molecule has 0 aliphatic carbocycles. The number of hydrogen-bond acceptors (Lipinski definition) is 4. The molecule has 146 valence electrons. The van der Waals surface area contributed by atoms with E-state index in [1.54, 1.807) is 31.4 Å². The van der Waals surface area contributed by atoms with E-state index in [4.69, 9.17) is 4.74 Å². The van der Waals surface area contributed by atoms with Gasteiger partial charge in [-0.15, -0.1) is 0 Å². The number of ketones is 1. The Balaban J connectivity index is 1.40. The molecule has 0 atom stereocenters. The van der Waals surface area contributed by atoms with Gasteiger partial charge in [-0.3, -0.25) is 9.59 Å². The molecule has 1 N–H and O–H groups in total. The van der Waals surface area contributed by atoms with E-state index in [9.17, 15) is 9.59 Å². The molecule has 28 heavy (non-hydrogen) atoms. The number of ether oxygens (including phenoxy) is 1. The maximum atomic E-state index is 12.2. The highest BCUT2D eigenvalue weighted by atomic mass is 16.5. The van der Waals surface area contributed by atoms with E-state index in [1.165, 1.54) is 0 Å². The van der Waals surface area contributed by atoms with E-state index in [0.717, 1.165) is 29.8 Å². The molecule has 1 heterocycles. The van der Waals surface area contributed by atoms with E-state index >= 15 is 0 Å². The summed E-state index contributed by atoms with van der Waals surface area (Å²) in [4.78, 5) is 28.7. The van der Waals surface area contributed by atoms with E-state index in [0.29, 0.717) is 17.9 Å². The summed E-state index contributed by atoms with van der Waals surface area (Å²) >= 11 is 0. The van der Waals surface area contributed by atoms with Gasteiger partial charge >= 0.3 is 0 Å². The lowest BCUT2D eigenvalue weighted by Gasteiger charge is -2.08. The Morgan fingerprint density at radius 1 is 1.07 bits per heavy atom. The van der Waals surface area contributed by atoms with Crippen LogP contribution in [0, 0.1) is 6.92 Å². The van der Waals surface area contributed by atoms with Gasteiger partial charge in [-0.05, 0) is 49.7 Å². The third-order valence-electron chi connectivity index (χ3n) is 4.72. The number of fused-ring (bicyclic) bond motifs is 1. The molecule has 6 heteroatoms. The second-order valence-corrected chi connectivity index (χ2v) is 6.65. The van der Waals surface area contributed by atoms with Gasteiger partial charge in [0, 0.05) is 31.5 Å². The summed E-state index contributed by atoms with van der Waals surface area (Å²) in [7, 11) is 1.58. The minimum absolute atomic E-state index is 0.0432. The van der Waals surface area contributed by atoms with Crippen LogP contribution in [0.15, 0.2) is 48.5 Å². The number of para-hydroxylation sites is 2. The predicted octanol–water partition coefficient (Wildman–Crippen LogP) is 3.52. The predicted molar refractivity (Wildman–Crippen MR) is 109 cm³/mol. The molecule has 2 aromatic carbocycles. The molecule has 3 rings (SSSR count). The van der Waals surface area contributed by atoms with Gasteiger partial charge in [-0.1, -0.05) is 12.1 Å². The Labute approximate surface area is 164 Å². The zero-order valence-electron chi connectivity index (χ0n) is 16.3. The fourth-order valence-corrected chi connectivity index (χ4v) is 3.18. The standard InChI is InChI=1S/C22H25N3O3/c1-16-24-19-6-3-4-7-20(19)25(16)15-5-14-23-22(27)13-12-21(26)17-8-10-18(28-2)11-9-17/h3-4,6-11H,5,12-15H2,1-2H3,(H,23,27). The van der Waals surface area contributed by atoms with Crippen LogP contribution in [0.5, 0.6) is 5.75 Å². The number of amides is 1. The molecule has 0 saturated carbocycles. The highest BCUT2D eigenvalue weighted by molar-refractivity contribution is 5.98. The van der Waals surface area contributed by atoms with Gasteiger partial charge in [-0.25, -0.2) is 4.98 Å². The smallest absolute Gasteiger partial charge is 0.220 e. The number of Topliss-reactive ketones (excluding diaryl/α,β-unsaturated/α-hetero) is 1. The van der Waals surface area contributed by atoms with Crippen molar-refractivity contribution < 1.29 is 14.3 Å². The zero-order chi connectivity index (χ0) is 19.9. The molecule has 6 nitrogen and oxygen atoms in total. The first-order valence-electron chi connectivity index (χ1n) is 9.44. The van der Waals surface area contributed by atoms with Crippen LogP contribution in [-0.2, 0) is 11.3 Å². The third-order valence-corrected chi connectivity index (χ3v) is 4.72. The fraction of sp³-hybridized carbons (Fsp3) is 0.318. The van der Waals surface area contributed by atoms with Crippen molar-refractivity contribution in [3.8, 4) is 5.75 Å². The van der Waals surface area contributed by atoms with Crippen molar-refractivity contribution in [1.29, 1.82) is 0 Å². The normalized spacial score (nSPS) is 10.8. The topological polar surface area (TPSA) is 73.2 Å². The molecule has 0 spiro atoms. The SMILES string of the molecule is COc1ccc(C(=O)CCC(=O)NCCCn2c(C)nc3ccccc32)cc1. The van der Waals surface area contributed by atoms with Crippen molar-refractivity contribution in [3.05, 3.63) is 59.9 Å². The molecule has 0 fully saturated rings. The first kappa shape index (κ1) is 19.6. The van der Waals surface area contributed by atoms with Crippen LogP contribution in [-0.4, -0.2) is 34.9 Å². The van der Waals surface area contributed by atoms with Gasteiger partial charge in [0.1, 0.15) is 11.6 Å². The Hall–Kier alpha value is -3.15. The van der Waals surface area contributed by atoms with Crippen LogP contribution in [0.4, 0.5) is 0 Å². The molecule has 1 amide bonds. The number of hydrogen-bond donors (Lipinski definition) is 1.